The maximum absolute atomic E-state index is 13.5. The number of benzene rings is 1. The van der Waals surface area contributed by atoms with E-state index in [9.17, 15) is 33.0 Å². The molecule has 0 radical (unpaired) electrons. The highest BCUT2D eigenvalue weighted by Crippen LogP contribution is 2.57. The van der Waals surface area contributed by atoms with Crippen LogP contribution in [-0.2, 0) is 25.0 Å². The number of hydrogen-bond donors (Lipinski definition) is 4. The fourth-order valence-corrected chi connectivity index (χ4v) is 4.22. The number of nitrogens with two attached hydrogens (primary N) is 1. The zero-order valence-electron chi connectivity index (χ0n) is 17.3. The number of ether oxygens (including phenoxy) is 1. The van der Waals surface area contributed by atoms with Crippen molar-refractivity contribution in [1.29, 1.82) is 0 Å². The summed E-state index contributed by atoms with van der Waals surface area (Å²) in [7, 11) is -3.75. The minimum atomic E-state index is -3.75. The molecular weight excluding hydrogens is 428 g/mol. The highest BCUT2D eigenvalue weighted by Gasteiger charge is 2.56. The lowest BCUT2D eigenvalue weighted by Crippen LogP contribution is -2.41. The van der Waals surface area contributed by atoms with Crippen molar-refractivity contribution in [3.05, 3.63) is 39.8 Å². The van der Waals surface area contributed by atoms with Crippen molar-refractivity contribution in [2.75, 3.05) is 12.3 Å². The van der Waals surface area contributed by atoms with Gasteiger partial charge in [0.25, 0.3) is 0 Å². The second kappa shape index (κ2) is 7.20. The van der Waals surface area contributed by atoms with Crippen LogP contribution in [-0.4, -0.2) is 48.3 Å². The first-order valence-electron chi connectivity index (χ1n) is 9.26. The fraction of sp³-hybridized carbons (Fsp3) is 0.350. The summed E-state index contributed by atoms with van der Waals surface area (Å²) in [6, 6.07) is 0. The molecule has 0 fully saturated rings. The molecule has 1 heterocycles. The molecule has 1 aromatic rings. The van der Waals surface area contributed by atoms with E-state index in [1.165, 1.54) is 27.7 Å². The van der Waals surface area contributed by atoms with Crippen molar-refractivity contribution in [2.24, 2.45) is 5.14 Å². The second-order valence-corrected chi connectivity index (χ2v) is 9.41. The number of allylic oxidation sites excluding steroid dienone is 4. The number of carbonyl (C=O) groups is 3. The molecule has 0 bridgehead atoms. The van der Waals surface area contributed by atoms with Crippen molar-refractivity contribution < 1.29 is 37.8 Å². The molecule has 11 heteroatoms. The van der Waals surface area contributed by atoms with Crippen LogP contribution in [0.4, 0.5) is 0 Å². The smallest absolute Gasteiger partial charge is 0.210 e. The summed E-state index contributed by atoms with van der Waals surface area (Å²) in [6.45, 7) is 5.35. The molecule has 166 valence electrons. The normalized spacial score (nSPS) is 21.8. The van der Waals surface area contributed by atoms with Crippen LogP contribution in [0.5, 0.6) is 17.2 Å². The number of fused-ring (bicyclic) bond motifs is 3. The van der Waals surface area contributed by atoms with Crippen molar-refractivity contribution in [1.82, 2.24) is 5.32 Å². The van der Waals surface area contributed by atoms with Crippen LogP contribution in [0.2, 0.25) is 0 Å². The molecule has 10 nitrogen and oxygen atoms in total. The SMILES string of the molecule is CC(=O)c1c(O)c(C)c(O)c2c1OC1=CC(=O)C(=C(C)NCCS(N)(=O)=O)C(=O)C12C. The number of phenolic OH excluding ortho intramolecular Hbond substituents is 2. The number of hydrogen-bond acceptors (Lipinski definition) is 9. The molecule has 0 aromatic heterocycles. The highest BCUT2D eigenvalue weighted by atomic mass is 32.2. The highest BCUT2D eigenvalue weighted by molar-refractivity contribution is 7.89. The lowest BCUT2D eigenvalue weighted by molar-refractivity contribution is -0.123. The minimum absolute atomic E-state index is 0.00625. The molecule has 1 atom stereocenters. The van der Waals surface area contributed by atoms with E-state index in [1.807, 2.05) is 0 Å². The van der Waals surface area contributed by atoms with E-state index in [-0.39, 0.29) is 46.0 Å². The number of ketones is 3. The van der Waals surface area contributed by atoms with Crippen molar-refractivity contribution in [3.63, 3.8) is 0 Å². The molecule has 1 aliphatic carbocycles. The molecule has 1 aliphatic heterocycles. The third-order valence-electron chi connectivity index (χ3n) is 5.54. The number of nitrogens with one attached hydrogen (secondary N) is 1. The third-order valence-corrected chi connectivity index (χ3v) is 6.31. The Hall–Kier alpha value is -3.18. The Bertz CT molecular complexity index is 1230. The topological polar surface area (TPSA) is 173 Å². The zero-order chi connectivity index (χ0) is 23.5. The van der Waals surface area contributed by atoms with E-state index in [0.29, 0.717) is 0 Å². The van der Waals surface area contributed by atoms with E-state index < -0.39 is 50.0 Å². The standard InChI is InChI=1S/C20H22N2O8S/c1-8-16(25)14(10(3)23)18-15(17(8)26)20(4)12(30-18)7-11(24)13(19(20)27)9(2)22-5-6-31(21,28)29/h7,22,25-26H,5-6H2,1-4H3,(H2,21,28,29). The van der Waals surface area contributed by atoms with Gasteiger partial charge in [0.1, 0.15) is 34.0 Å². The first kappa shape index (κ1) is 22.5. The fourth-order valence-electron chi connectivity index (χ4n) is 3.83. The van der Waals surface area contributed by atoms with Crippen molar-refractivity contribution in [2.45, 2.75) is 33.1 Å². The molecule has 0 spiro atoms. The van der Waals surface area contributed by atoms with Gasteiger partial charge in [0.15, 0.2) is 17.3 Å². The van der Waals surface area contributed by atoms with Gasteiger partial charge in [-0.2, -0.15) is 0 Å². The first-order chi connectivity index (χ1) is 14.2. The lowest BCUT2D eigenvalue weighted by atomic mass is 9.70. The lowest BCUT2D eigenvalue weighted by Gasteiger charge is -2.29. The summed E-state index contributed by atoms with van der Waals surface area (Å²) in [6.07, 6.45) is 1.08. The van der Waals surface area contributed by atoms with E-state index >= 15 is 0 Å². The summed E-state index contributed by atoms with van der Waals surface area (Å²) in [5.41, 5.74) is -1.97. The van der Waals surface area contributed by atoms with E-state index in [4.69, 9.17) is 9.88 Å². The molecule has 5 N–H and O–H groups in total. The van der Waals surface area contributed by atoms with Gasteiger partial charge in [-0.1, -0.05) is 0 Å². The van der Waals surface area contributed by atoms with Gasteiger partial charge in [0.05, 0.1) is 16.9 Å². The van der Waals surface area contributed by atoms with Gasteiger partial charge in [-0.05, 0) is 27.7 Å². The van der Waals surface area contributed by atoms with Crippen molar-refractivity contribution >= 4 is 27.4 Å². The van der Waals surface area contributed by atoms with Gasteiger partial charge < -0.3 is 20.3 Å². The maximum atomic E-state index is 13.5. The van der Waals surface area contributed by atoms with Crippen LogP contribution < -0.4 is 15.2 Å². The van der Waals surface area contributed by atoms with Crippen LogP contribution in [0.25, 0.3) is 0 Å². The van der Waals surface area contributed by atoms with E-state index in [0.717, 1.165) is 6.08 Å². The Kier molecular flexibility index (Phi) is 5.23. The monoisotopic (exact) mass is 450 g/mol. The second-order valence-electron chi connectivity index (χ2n) is 7.68. The summed E-state index contributed by atoms with van der Waals surface area (Å²) in [5.74, 6) is -3.50. The number of rotatable bonds is 5. The number of Topliss-reactive ketones (excluding diaryl/α,β-unsaturated/α-hetero) is 2. The van der Waals surface area contributed by atoms with Gasteiger partial charge in [0.2, 0.25) is 10.0 Å². The van der Waals surface area contributed by atoms with E-state index in [2.05, 4.69) is 5.32 Å². The molecule has 0 saturated heterocycles. The maximum Gasteiger partial charge on any atom is 0.210 e. The molecule has 1 aromatic carbocycles. The minimum Gasteiger partial charge on any atom is -0.507 e. The average molecular weight is 450 g/mol. The summed E-state index contributed by atoms with van der Waals surface area (Å²) >= 11 is 0. The molecule has 3 rings (SSSR count). The van der Waals surface area contributed by atoms with Gasteiger partial charge >= 0.3 is 0 Å². The van der Waals surface area contributed by atoms with Crippen LogP contribution >= 0.6 is 0 Å². The average Bonchev–Trinajstić information content (AvgIpc) is 2.92. The Morgan fingerprint density at radius 1 is 1.23 bits per heavy atom. The van der Waals surface area contributed by atoms with Crippen LogP contribution in [0.1, 0.15) is 42.3 Å². The van der Waals surface area contributed by atoms with E-state index in [1.54, 1.807) is 0 Å². The van der Waals surface area contributed by atoms with Gasteiger partial charge in [-0.25, -0.2) is 13.6 Å². The van der Waals surface area contributed by atoms with Gasteiger partial charge in [-0.15, -0.1) is 0 Å². The van der Waals surface area contributed by atoms with Gasteiger partial charge in [0, 0.05) is 23.9 Å². The van der Waals surface area contributed by atoms with Crippen LogP contribution in [0, 0.1) is 6.92 Å². The Labute approximate surface area is 178 Å². The summed E-state index contributed by atoms with van der Waals surface area (Å²) in [5, 5.41) is 28.7. The number of sulfonamides is 1. The van der Waals surface area contributed by atoms with Crippen molar-refractivity contribution in [3.8, 4) is 17.2 Å². The number of carbonyl (C=O) groups excluding carboxylic acids is 3. The first-order valence-corrected chi connectivity index (χ1v) is 11.0. The van der Waals surface area contributed by atoms with Crippen LogP contribution in [0.15, 0.2) is 23.1 Å². The molecule has 1 unspecified atom stereocenters. The Balaban J connectivity index is 2.19. The molecule has 31 heavy (non-hydrogen) atoms. The van der Waals surface area contributed by atoms with Crippen LogP contribution in [0.3, 0.4) is 0 Å². The summed E-state index contributed by atoms with van der Waals surface area (Å²) in [4.78, 5) is 38.3. The largest absolute Gasteiger partial charge is 0.507 e. The third kappa shape index (κ3) is 3.39. The molecule has 2 aliphatic rings. The van der Waals surface area contributed by atoms with Gasteiger partial charge in [-0.3, -0.25) is 14.4 Å². The molecule has 0 saturated carbocycles. The predicted octanol–water partition coefficient (Wildman–Crippen LogP) is 0.447. The molecule has 0 amide bonds. The Morgan fingerprint density at radius 3 is 2.39 bits per heavy atom. The quantitative estimate of drug-likeness (QED) is 0.282. The zero-order valence-corrected chi connectivity index (χ0v) is 18.1. The Morgan fingerprint density at radius 2 is 1.84 bits per heavy atom. The number of phenols is 2. The number of primary sulfonamides is 1. The predicted molar refractivity (Wildman–Crippen MR) is 109 cm³/mol. The molecular formula is C20H22N2O8S. The number of aromatic hydroxyl groups is 2. The summed E-state index contributed by atoms with van der Waals surface area (Å²) < 4.78 is 27.9.